The molecule has 1 atom stereocenters. The van der Waals surface area contributed by atoms with Crippen LogP contribution in [0.1, 0.15) is 28.8 Å². The summed E-state index contributed by atoms with van der Waals surface area (Å²) in [5.74, 6) is 0.0418. The third-order valence-corrected chi connectivity index (χ3v) is 3.41. The highest BCUT2D eigenvalue weighted by Crippen LogP contribution is 2.19. The molecule has 0 spiro atoms. The Morgan fingerprint density at radius 1 is 1.53 bits per heavy atom. The van der Waals surface area contributed by atoms with Gasteiger partial charge < -0.3 is 10.6 Å². The molecule has 4 heteroatoms. The van der Waals surface area contributed by atoms with E-state index in [-0.39, 0.29) is 11.9 Å². The SMILES string of the molecule is Cc1ccc(Cl)cc1C(=O)N1CCCC(N)C1. The van der Waals surface area contributed by atoms with E-state index in [2.05, 4.69) is 0 Å². The Hall–Kier alpha value is -1.06. The number of aryl methyl sites for hydroxylation is 1. The van der Waals surface area contributed by atoms with Crippen LogP contribution in [0.2, 0.25) is 5.02 Å². The van der Waals surface area contributed by atoms with E-state index in [1.165, 1.54) is 0 Å². The molecular formula is C13H17ClN2O. The first-order valence-electron chi connectivity index (χ1n) is 5.89. The molecule has 17 heavy (non-hydrogen) atoms. The first-order chi connectivity index (χ1) is 8.08. The smallest absolute Gasteiger partial charge is 0.254 e. The summed E-state index contributed by atoms with van der Waals surface area (Å²) < 4.78 is 0. The molecule has 1 aromatic rings. The summed E-state index contributed by atoms with van der Waals surface area (Å²) in [5, 5.41) is 0.597. The Kier molecular flexibility index (Phi) is 3.69. The number of hydrogen-bond donors (Lipinski definition) is 1. The lowest BCUT2D eigenvalue weighted by Gasteiger charge is -2.31. The van der Waals surface area contributed by atoms with E-state index < -0.39 is 0 Å². The zero-order valence-electron chi connectivity index (χ0n) is 9.95. The van der Waals surface area contributed by atoms with Gasteiger partial charge in [-0.25, -0.2) is 0 Å². The lowest BCUT2D eigenvalue weighted by Crippen LogP contribution is -2.45. The van der Waals surface area contributed by atoms with Crippen molar-refractivity contribution in [3.8, 4) is 0 Å². The zero-order valence-corrected chi connectivity index (χ0v) is 10.7. The van der Waals surface area contributed by atoms with Gasteiger partial charge in [0.15, 0.2) is 0 Å². The molecule has 1 aliphatic rings. The Morgan fingerprint density at radius 2 is 2.29 bits per heavy atom. The number of nitrogens with two attached hydrogens (primary N) is 1. The first kappa shape index (κ1) is 12.4. The van der Waals surface area contributed by atoms with Gasteiger partial charge in [-0.3, -0.25) is 4.79 Å². The van der Waals surface area contributed by atoms with Crippen LogP contribution in [0.25, 0.3) is 0 Å². The second kappa shape index (κ2) is 5.07. The molecule has 92 valence electrons. The van der Waals surface area contributed by atoms with Crippen molar-refractivity contribution >= 4 is 17.5 Å². The molecule has 0 aromatic heterocycles. The highest BCUT2D eigenvalue weighted by molar-refractivity contribution is 6.31. The van der Waals surface area contributed by atoms with Crippen molar-refractivity contribution in [1.29, 1.82) is 0 Å². The molecule has 1 aromatic carbocycles. The van der Waals surface area contributed by atoms with Gasteiger partial charge in [0.25, 0.3) is 5.91 Å². The molecule has 1 unspecified atom stereocenters. The molecule has 1 heterocycles. The number of piperidine rings is 1. The summed E-state index contributed by atoms with van der Waals surface area (Å²) in [7, 11) is 0. The number of rotatable bonds is 1. The molecule has 2 rings (SSSR count). The average Bonchev–Trinajstić information content (AvgIpc) is 2.31. The lowest BCUT2D eigenvalue weighted by molar-refractivity contribution is 0.0708. The molecule has 0 radical (unpaired) electrons. The Bertz CT molecular complexity index is 433. The van der Waals surface area contributed by atoms with Crippen molar-refractivity contribution in [3.05, 3.63) is 34.3 Å². The van der Waals surface area contributed by atoms with Crippen LogP contribution in [0.4, 0.5) is 0 Å². The van der Waals surface area contributed by atoms with Gasteiger partial charge in [-0.05, 0) is 37.5 Å². The van der Waals surface area contributed by atoms with Crippen molar-refractivity contribution in [2.75, 3.05) is 13.1 Å². The van der Waals surface area contributed by atoms with Crippen LogP contribution in [-0.2, 0) is 0 Å². The molecule has 0 bridgehead atoms. The maximum atomic E-state index is 12.3. The molecule has 2 N–H and O–H groups in total. The minimum Gasteiger partial charge on any atom is -0.337 e. The predicted molar refractivity (Wildman–Crippen MR) is 69.3 cm³/mol. The molecule has 0 aliphatic carbocycles. The summed E-state index contributed by atoms with van der Waals surface area (Å²) >= 11 is 5.93. The van der Waals surface area contributed by atoms with Crippen LogP contribution < -0.4 is 5.73 Å². The van der Waals surface area contributed by atoms with Crippen LogP contribution >= 0.6 is 11.6 Å². The van der Waals surface area contributed by atoms with Crippen LogP contribution in [-0.4, -0.2) is 29.9 Å². The number of carbonyl (C=O) groups excluding carboxylic acids is 1. The maximum absolute atomic E-state index is 12.3. The van der Waals surface area contributed by atoms with Crippen molar-refractivity contribution in [2.24, 2.45) is 5.73 Å². The molecule has 1 amide bonds. The summed E-state index contributed by atoms with van der Waals surface area (Å²) in [5.41, 5.74) is 7.53. The largest absolute Gasteiger partial charge is 0.337 e. The number of nitrogens with zero attached hydrogens (tertiary/aromatic N) is 1. The van der Waals surface area contributed by atoms with Crippen LogP contribution in [0.3, 0.4) is 0 Å². The lowest BCUT2D eigenvalue weighted by atomic mass is 10.0. The number of hydrogen-bond acceptors (Lipinski definition) is 2. The quantitative estimate of drug-likeness (QED) is 0.833. The zero-order chi connectivity index (χ0) is 12.4. The van der Waals surface area contributed by atoms with Crippen molar-refractivity contribution < 1.29 is 4.79 Å². The molecule has 1 saturated heterocycles. The van der Waals surface area contributed by atoms with Gasteiger partial charge in [-0.2, -0.15) is 0 Å². The summed E-state index contributed by atoms with van der Waals surface area (Å²) in [6.45, 7) is 3.36. The van der Waals surface area contributed by atoms with Crippen LogP contribution in [0, 0.1) is 6.92 Å². The number of halogens is 1. The summed E-state index contributed by atoms with van der Waals surface area (Å²) in [6.07, 6.45) is 1.98. The van der Waals surface area contributed by atoms with E-state index in [4.69, 9.17) is 17.3 Å². The third-order valence-electron chi connectivity index (χ3n) is 3.18. The van der Waals surface area contributed by atoms with Crippen molar-refractivity contribution in [2.45, 2.75) is 25.8 Å². The highest BCUT2D eigenvalue weighted by atomic mass is 35.5. The molecule has 1 fully saturated rings. The second-order valence-electron chi connectivity index (χ2n) is 4.61. The number of benzene rings is 1. The van der Waals surface area contributed by atoms with Crippen LogP contribution in [0.15, 0.2) is 18.2 Å². The highest BCUT2D eigenvalue weighted by Gasteiger charge is 2.23. The normalized spacial score (nSPS) is 20.4. The van der Waals surface area contributed by atoms with E-state index in [1.807, 2.05) is 17.9 Å². The van der Waals surface area contributed by atoms with Gasteiger partial charge in [-0.1, -0.05) is 17.7 Å². The molecule has 1 aliphatic heterocycles. The predicted octanol–water partition coefficient (Wildman–Crippen LogP) is 2.21. The van der Waals surface area contributed by atoms with Gasteiger partial charge in [0.1, 0.15) is 0 Å². The monoisotopic (exact) mass is 252 g/mol. The third kappa shape index (κ3) is 2.79. The van der Waals surface area contributed by atoms with E-state index in [1.54, 1.807) is 12.1 Å². The number of likely N-dealkylation sites (tertiary alicyclic amines) is 1. The molecule has 0 saturated carbocycles. The maximum Gasteiger partial charge on any atom is 0.254 e. The van der Waals surface area contributed by atoms with E-state index in [0.29, 0.717) is 17.1 Å². The molecular weight excluding hydrogens is 236 g/mol. The standard InChI is InChI=1S/C13H17ClN2O/c1-9-4-5-10(14)7-12(9)13(17)16-6-2-3-11(15)8-16/h4-5,7,11H,2-3,6,8,15H2,1H3. The van der Waals surface area contributed by atoms with Crippen molar-refractivity contribution in [1.82, 2.24) is 4.90 Å². The fourth-order valence-electron chi connectivity index (χ4n) is 2.19. The van der Waals surface area contributed by atoms with Gasteiger partial charge in [0.05, 0.1) is 0 Å². The van der Waals surface area contributed by atoms with Crippen molar-refractivity contribution in [3.63, 3.8) is 0 Å². The first-order valence-corrected chi connectivity index (χ1v) is 6.26. The van der Waals surface area contributed by atoms with Gasteiger partial charge >= 0.3 is 0 Å². The fourth-order valence-corrected chi connectivity index (χ4v) is 2.36. The topological polar surface area (TPSA) is 46.3 Å². The number of amides is 1. The molecule has 3 nitrogen and oxygen atoms in total. The minimum atomic E-state index is 0.0418. The Morgan fingerprint density at radius 3 is 3.00 bits per heavy atom. The van der Waals surface area contributed by atoms with Gasteiger partial charge in [0.2, 0.25) is 0 Å². The average molecular weight is 253 g/mol. The second-order valence-corrected chi connectivity index (χ2v) is 5.05. The van der Waals surface area contributed by atoms with E-state index in [0.717, 1.165) is 24.9 Å². The van der Waals surface area contributed by atoms with E-state index >= 15 is 0 Å². The van der Waals surface area contributed by atoms with Gasteiger partial charge in [-0.15, -0.1) is 0 Å². The number of carbonyl (C=O) groups is 1. The van der Waals surface area contributed by atoms with Gasteiger partial charge in [0, 0.05) is 29.7 Å². The van der Waals surface area contributed by atoms with Crippen LogP contribution in [0.5, 0.6) is 0 Å². The van der Waals surface area contributed by atoms with E-state index in [9.17, 15) is 4.79 Å². The summed E-state index contributed by atoms with van der Waals surface area (Å²) in [4.78, 5) is 14.2. The fraction of sp³-hybridized carbons (Fsp3) is 0.462. The Balaban J connectivity index is 2.21. The minimum absolute atomic E-state index is 0.0418. The Labute approximate surface area is 107 Å². The summed E-state index contributed by atoms with van der Waals surface area (Å²) in [6, 6.07) is 5.51.